The van der Waals surface area contributed by atoms with E-state index in [-0.39, 0.29) is 23.1 Å². The van der Waals surface area contributed by atoms with E-state index < -0.39 is 6.43 Å². The van der Waals surface area contributed by atoms with Crippen molar-refractivity contribution in [2.24, 2.45) is 0 Å². The van der Waals surface area contributed by atoms with Gasteiger partial charge in [-0.25, -0.2) is 33.7 Å². The maximum Gasteiger partial charge on any atom is 0.280 e. The summed E-state index contributed by atoms with van der Waals surface area (Å²) in [5, 5.41) is 5.82. The van der Waals surface area contributed by atoms with Gasteiger partial charge >= 0.3 is 0 Å². The van der Waals surface area contributed by atoms with Gasteiger partial charge in [-0.15, -0.1) is 0 Å². The lowest BCUT2D eigenvalue weighted by Crippen LogP contribution is -2.08. The average molecular weight is 517 g/mol. The van der Waals surface area contributed by atoms with E-state index >= 15 is 0 Å². The third kappa shape index (κ3) is 5.38. The number of carbonyl (C=O) groups is 1. The number of halogens is 2. The molecule has 0 atom stereocenters. The van der Waals surface area contributed by atoms with E-state index in [1.165, 1.54) is 25.3 Å². The molecule has 0 aliphatic rings. The van der Waals surface area contributed by atoms with Crippen LogP contribution in [0.3, 0.4) is 0 Å². The van der Waals surface area contributed by atoms with Crippen molar-refractivity contribution >= 4 is 34.4 Å². The highest BCUT2D eigenvalue weighted by molar-refractivity contribution is 5.89. The first-order valence-electron chi connectivity index (χ1n) is 11.5. The Bertz CT molecular complexity index is 1610. The number of fused-ring (bicyclic) bond motifs is 1. The van der Waals surface area contributed by atoms with Crippen molar-refractivity contribution in [3.05, 3.63) is 78.4 Å². The minimum absolute atomic E-state index is 0.148. The average Bonchev–Trinajstić information content (AvgIpc) is 3.32. The van der Waals surface area contributed by atoms with Crippen LogP contribution in [0.2, 0.25) is 0 Å². The van der Waals surface area contributed by atoms with Crippen molar-refractivity contribution in [3.63, 3.8) is 0 Å². The number of pyridine rings is 2. The van der Waals surface area contributed by atoms with Crippen LogP contribution in [0.4, 0.5) is 26.1 Å². The highest BCUT2D eigenvalue weighted by Gasteiger charge is 2.18. The van der Waals surface area contributed by atoms with Crippen LogP contribution in [0.1, 0.15) is 24.6 Å². The van der Waals surface area contributed by atoms with E-state index in [2.05, 4.69) is 35.6 Å². The number of anilines is 3. The van der Waals surface area contributed by atoms with Crippen molar-refractivity contribution in [2.75, 3.05) is 17.7 Å². The number of amides is 1. The van der Waals surface area contributed by atoms with E-state index in [4.69, 9.17) is 4.74 Å². The number of rotatable bonds is 8. The molecule has 0 radical (unpaired) electrons. The number of hydrogen-bond donors (Lipinski definition) is 2. The van der Waals surface area contributed by atoms with Gasteiger partial charge in [-0.2, -0.15) is 0 Å². The van der Waals surface area contributed by atoms with E-state index in [0.29, 0.717) is 35.0 Å². The number of alkyl halides is 2. The van der Waals surface area contributed by atoms with Crippen molar-refractivity contribution in [1.29, 1.82) is 0 Å². The first-order chi connectivity index (χ1) is 18.4. The Balaban J connectivity index is 1.59. The zero-order valence-corrected chi connectivity index (χ0v) is 20.4. The Hall–Kier alpha value is -5.00. The molecule has 0 bridgehead atoms. The smallest absolute Gasteiger partial charge is 0.280 e. The number of carbonyl (C=O) groups excluding carboxylic acids is 1. The second-order valence-electron chi connectivity index (χ2n) is 8.27. The first kappa shape index (κ1) is 24.7. The minimum Gasteiger partial charge on any atom is -0.497 e. The first-order valence-corrected chi connectivity index (χ1v) is 11.5. The van der Waals surface area contributed by atoms with Crippen molar-refractivity contribution < 1.29 is 18.3 Å². The molecule has 4 heterocycles. The van der Waals surface area contributed by atoms with Crippen molar-refractivity contribution in [3.8, 4) is 17.3 Å². The third-order valence-corrected chi connectivity index (χ3v) is 5.53. The Morgan fingerprint density at radius 1 is 1.05 bits per heavy atom. The molecule has 192 valence electrons. The maximum atomic E-state index is 13.3. The summed E-state index contributed by atoms with van der Waals surface area (Å²) >= 11 is 0. The maximum absolute atomic E-state index is 13.3. The molecule has 5 aromatic rings. The topological polar surface area (TPSA) is 120 Å². The van der Waals surface area contributed by atoms with Gasteiger partial charge in [0.2, 0.25) is 5.91 Å². The predicted octanol–water partition coefficient (Wildman–Crippen LogP) is 4.98. The molecule has 12 heteroatoms. The monoisotopic (exact) mass is 516 g/mol. The lowest BCUT2D eigenvalue weighted by Gasteiger charge is -2.11. The van der Waals surface area contributed by atoms with Gasteiger partial charge in [0.05, 0.1) is 20.0 Å². The summed E-state index contributed by atoms with van der Waals surface area (Å²) in [7, 11) is 1.60. The summed E-state index contributed by atoms with van der Waals surface area (Å²) in [6.07, 6.45) is 0.431. The molecule has 0 fully saturated rings. The molecule has 0 aliphatic heterocycles. The molecule has 4 aromatic heterocycles. The number of methoxy groups -OCH3 is 1. The van der Waals surface area contributed by atoms with E-state index in [9.17, 15) is 13.6 Å². The number of aromatic nitrogens is 6. The molecule has 0 unspecified atom stereocenters. The van der Waals surface area contributed by atoms with E-state index in [1.54, 1.807) is 31.6 Å². The minimum atomic E-state index is -2.74. The van der Waals surface area contributed by atoms with Gasteiger partial charge in [-0.3, -0.25) is 4.79 Å². The second-order valence-corrected chi connectivity index (χ2v) is 8.27. The van der Waals surface area contributed by atoms with Crippen LogP contribution < -0.4 is 15.4 Å². The van der Waals surface area contributed by atoms with Crippen LogP contribution in [0, 0.1) is 0 Å². The van der Waals surface area contributed by atoms with Gasteiger partial charge in [-0.1, -0.05) is 18.2 Å². The third-order valence-electron chi connectivity index (χ3n) is 5.53. The molecule has 5 rings (SSSR count). The van der Waals surface area contributed by atoms with Crippen LogP contribution in [0.5, 0.6) is 5.75 Å². The molecule has 2 N–H and O–H groups in total. The fraction of sp³-hybridized carbons (Fsp3) is 0.154. The number of benzene rings is 1. The Labute approximate surface area is 215 Å². The normalized spacial score (nSPS) is 11.1. The molecule has 0 spiro atoms. The van der Waals surface area contributed by atoms with Crippen molar-refractivity contribution in [2.45, 2.75) is 19.9 Å². The number of nitrogens with one attached hydrogen (secondary N) is 2. The van der Waals surface area contributed by atoms with Crippen LogP contribution in [-0.2, 0) is 11.3 Å². The molecular formula is C26H22F2N8O2. The van der Waals surface area contributed by atoms with Crippen LogP contribution in [0.15, 0.2) is 67.1 Å². The largest absolute Gasteiger partial charge is 0.497 e. The summed E-state index contributed by atoms with van der Waals surface area (Å²) in [6, 6.07) is 15.2. The van der Waals surface area contributed by atoms with Crippen molar-refractivity contribution in [1.82, 2.24) is 29.5 Å². The van der Waals surface area contributed by atoms with Gasteiger partial charge in [0.15, 0.2) is 22.8 Å². The number of hydrogen-bond acceptors (Lipinski definition) is 8. The lowest BCUT2D eigenvalue weighted by molar-refractivity contribution is -0.114. The molecule has 0 saturated heterocycles. The van der Waals surface area contributed by atoms with Gasteiger partial charge in [0.1, 0.15) is 23.0 Å². The summed E-state index contributed by atoms with van der Waals surface area (Å²) < 4.78 is 33.8. The van der Waals surface area contributed by atoms with Gasteiger partial charge in [-0.05, 0) is 35.9 Å². The zero-order chi connectivity index (χ0) is 26.6. The number of ether oxygens (including phenoxy) is 1. The Morgan fingerprint density at radius 2 is 1.87 bits per heavy atom. The zero-order valence-electron chi connectivity index (χ0n) is 20.4. The molecular weight excluding hydrogens is 494 g/mol. The molecule has 0 aliphatic carbocycles. The highest BCUT2D eigenvalue weighted by atomic mass is 19.3. The summed E-state index contributed by atoms with van der Waals surface area (Å²) in [6.45, 7) is 1.83. The summed E-state index contributed by atoms with van der Waals surface area (Å²) in [5.74, 6) is 1.31. The quantitative estimate of drug-likeness (QED) is 0.296. The van der Waals surface area contributed by atoms with Gasteiger partial charge < -0.3 is 19.9 Å². The summed E-state index contributed by atoms with van der Waals surface area (Å²) in [5.41, 5.74) is 2.32. The molecule has 10 nitrogen and oxygen atoms in total. The highest BCUT2D eigenvalue weighted by Crippen LogP contribution is 2.28. The van der Waals surface area contributed by atoms with Crippen LogP contribution in [0.25, 0.3) is 22.7 Å². The van der Waals surface area contributed by atoms with E-state index in [0.717, 1.165) is 11.3 Å². The molecule has 1 amide bonds. The van der Waals surface area contributed by atoms with Crippen LogP contribution >= 0.6 is 0 Å². The van der Waals surface area contributed by atoms with Crippen LogP contribution in [-0.4, -0.2) is 42.5 Å². The van der Waals surface area contributed by atoms with E-state index in [1.807, 2.05) is 28.8 Å². The van der Waals surface area contributed by atoms with Gasteiger partial charge in [0.25, 0.3) is 6.43 Å². The molecule has 1 aromatic carbocycles. The predicted molar refractivity (Wildman–Crippen MR) is 137 cm³/mol. The fourth-order valence-corrected chi connectivity index (χ4v) is 3.78. The number of nitrogens with zero attached hydrogens (tertiary/aromatic N) is 6. The standard InChI is InChI=1S/C26H22F2N8O2/c1-15(37)31-21-12-17(10-11-29-21)32-25-22-26(35-24(34-25)20-5-3-4-19(33-20)23(27)28)36(14-30-22)13-16-6-8-18(38-2)9-7-16/h3-12,14,23H,13H2,1-2H3,(H2,29,31,32,34,35,37). The summed E-state index contributed by atoms with van der Waals surface area (Å²) in [4.78, 5) is 33.4. The lowest BCUT2D eigenvalue weighted by atomic mass is 10.2. The fourth-order valence-electron chi connectivity index (χ4n) is 3.78. The molecule has 38 heavy (non-hydrogen) atoms. The molecule has 0 saturated carbocycles. The SMILES string of the molecule is COc1ccc(Cn2cnc3c(Nc4ccnc(NC(C)=O)c4)nc(-c4cccc(C(F)F)n4)nc32)cc1. The Kier molecular flexibility index (Phi) is 6.85. The van der Waals surface area contributed by atoms with Gasteiger partial charge in [0, 0.05) is 24.9 Å². The number of imidazole rings is 1. The second kappa shape index (κ2) is 10.5. The Morgan fingerprint density at radius 3 is 2.61 bits per heavy atom.